The number of pyridine rings is 1. The van der Waals surface area contributed by atoms with E-state index in [1.807, 2.05) is 6.92 Å². The van der Waals surface area contributed by atoms with E-state index in [1.54, 1.807) is 0 Å². The summed E-state index contributed by atoms with van der Waals surface area (Å²) in [7, 11) is 0. The first-order valence-electron chi connectivity index (χ1n) is 2.70. The molecule has 1 aromatic heterocycles. The second-order valence-corrected chi connectivity index (χ2v) is 4.25. The first kappa shape index (κ1) is 9.78. The van der Waals surface area contributed by atoms with Crippen LogP contribution in [0.3, 0.4) is 0 Å². The van der Waals surface area contributed by atoms with Crippen molar-refractivity contribution in [1.29, 1.82) is 0 Å². The molecule has 0 amide bonds. The van der Waals surface area contributed by atoms with Gasteiger partial charge in [0.2, 0.25) is 0 Å². The van der Waals surface area contributed by atoms with E-state index in [1.165, 1.54) is 0 Å². The maximum Gasteiger partial charge on any atom is 0.145 e. The highest BCUT2D eigenvalue weighted by molar-refractivity contribution is 9.11. The molecule has 11 heavy (non-hydrogen) atoms. The van der Waals surface area contributed by atoms with Crippen molar-refractivity contribution in [2.24, 2.45) is 0 Å². The largest absolute Gasteiger partial charge is 0.239 e. The first-order valence-corrected chi connectivity index (χ1v) is 5.05. The van der Waals surface area contributed by atoms with Crippen LogP contribution in [0.4, 0.5) is 0 Å². The Morgan fingerprint density at radius 2 is 1.73 bits per heavy atom. The van der Waals surface area contributed by atoms with E-state index in [4.69, 9.17) is 23.2 Å². The molecule has 0 spiro atoms. The summed E-state index contributed by atoms with van der Waals surface area (Å²) in [5.41, 5.74) is 0.781. The summed E-state index contributed by atoms with van der Waals surface area (Å²) in [4.78, 5) is 4.02. The van der Waals surface area contributed by atoms with Crippen molar-refractivity contribution in [2.75, 3.05) is 0 Å². The summed E-state index contributed by atoms with van der Waals surface area (Å²) < 4.78 is 1.40. The topological polar surface area (TPSA) is 12.9 Å². The van der Waals surface area contributed by atoms with Gasteiger partial charge in [0.25, 0.3) is 0 Å². The van der Waals surface area contributed by atoms with Crippen LogP contribution in [0.5, 0.6) is 0 Å². The molecule has 0 unspecified atom stereocenters. The maximum atomic E-state index is 5.87. The summed E-state index contributed by atoms with van der Waals surface area (Å²) in [6.07, 6.45) is 0. The van der Waals surface area contributed by atoms with Crippen molar-refractivity contribution in [3.8, 4) is 0 Å². The molecule has 0 aromatic carbocycles. The molecule has 0 aliphatic heterocycles. The third-order valence-corrected chi connectivity index (χ3v) is 4.23. The minimum Gasteiger partial charge on any atom is -0.239 e. The number of aromatic nitrogens is 1. The minimum absolute atomic E-state index is 0.385. The van der Waals surface area contributed by atoms with Crippen molar-refractivity contribution in [3.63, 3.8) is 0 Å². The monoisotopic (exact) mass is 317 g/mol. The lowest BCUT2D eigenvalue weighted by Gasteiger charge is -2.03. The van der Waals surface area contributed by atoms with Gasteiger partial charge < -0.3 is 0 Å². The Balaban J connectivity index is 3.46. The summed E-state index contributed by atoms with van der Waals surface area (Å²) in [5.74, 6) is 0. The zero-order valence-electron chi connectivity index (χ0n) is 5.46. The predicted molar refractivity (Wildman–Crippen MR) is 54.4 cm³/mol. The van der Waals surface area contributed by atoms with Gasteiger partial charge in [0.1, 0.15) is 5.15 Å². The summed E-state index contributed by atoms with van der Waals surface area (Å²) in [5, 5.41) is 0.943. The molecule has 5 heteroatoms. The maximum absolute atomic E-state index is 5.87. The molecule has 60 valence electrons. The lowest BCUT2D eigenvalue weighted by Crippen LogP contribution is -1.86. The Labute approximate surface area is 91.4 Å². The van der Waals surface area contributed by atoms with Crippen molar-refractivity contribution in [2.45, 2.75) is 6.92 Å². The van der Waals surface area contributed by atoms with Crippen LogP contribution < -0.4 is 0 Å². The number of halogens is 4. The van der Waals surface area contributed by atoms with Crippen LogP contribution in [-0.4, -0.2) is 4.98 Å². The van der Waals surface area contributed by atoms with Gasteiger partial charge in [-0.3, -0.25) is 0 Å². The van der Waals surface area contributed by atoms with E-state index in [9.17, 15) is 0 Å². The van der Waals surface area contributed by atoms with Crippen LogP contribution in [0.25, 0.3) is 0 Å². The Kier molecular flexibility index (Phi) is 3.20. The van der Waals surface area contributed by atoms with E-state index in [-0.39, 0.29) is 0 Å². The van der Waals surface area contributed by atoms with Crippen molar-refractivity contribution in [1.82, 2.24) is 4.98 Å². The Bertz CT molecular complexity index is 275. The number of aryl methyl sites for hydroxylation is 1. The molecular weight excluding hydrogens is 317 g/mol. The SMILES string of the molecule is Cc1nc(Cl)c(Br)c(Cl)c1Br. The molecule has 0 saturated heterocycles. The van der Waals surface area contributed by atoms with E-state index in [0.29, 0.717) is 14.6 Å². The van der Waals surface area contributed by atoms with Gasteiger partial charge in [0.15, 0.2) is 0 Å². The molecule has 0 N–H and O–H groups in total. The lowest BCUT2D eigenvalue weighted by molar-refractivity contribution is 1.17. The summed E-state index contributed by atoms with van der Waals surface area (Å²) >= 11 is 18.1. The van der Waals surface area contributed by atoms with Crippen LogP contribution >= 0.6 is 55.1 Å². The van der Waals surface area contributed by atoms with Gasteiger partial charge in [0, 0.05) is 0 Å². The van der Waals surface area contributed by atoms with E-state index in [2.05, 4.69) is 36.8 Å². The fourth-order valence-corrected chi connectivity index (χ4v) is 1.93. The predicted octanol–water partition coefficient (Wildman–Crippen LogP) is 4.22. The fraction of sp³-hybridized carbons (Fsp3) is 0.167. The average Bonchev–Trinajstić information content (AvgIpc) is 1.97. The fourth-order valence-electron chi connectivity index (χ4n) is 0.591. The van der Waals surface area contributed by atoms with E-state index < -0.39 is 0 Å². The highest BCUT2D eigenvalue weighted by atomic mass is 79.9. The molecule has 0 aliphatic rings. The number of rotatable bonds is 0. The Hall–Kier alpha value is 0.690. The molecule has 0 fully saturated rings. The zero-order valence-corrected chi connectivity index (χ0v) is 10.1. The molecule has 1 rings (SSSR count). The Morgan fingerprint density at radius 3 is 2.27 bits per heavy atom. The van der Waals surface area contributed by atoms with Gasteiger partial charge in [-0.1, -0.05) is 23.2 Å². The van der Waals surface area contributed by atoms with Crippen LogP contribution in [0.15, 0.2) is 8.95 Å². The second-order valence-electron chi connectivity index (χ2n) is 1.93. The number of nitrogens with zero attached hydrogens (tertiary/aromatic N) is 1. The Morgan fingerprint density at radius 1 is 1.18 bits per heavy atom. The normalized spacial score (nSPS) is 10.3. The van der Waals surface area contributed by atoms with Crippen LogP contribution in [0.2, 0.25) is 10.2 Å². The van der Waals surface area contributed by atoms with Crippen molar-refractivity contribution in [3.05, 3.63) is 24.8 Å². The zero-order chi connectivity index (χ0) is 8.59. The molecule has 0 atom stereocenters. The smallest absolute Gasteiger partial charge is 0.145 e. The summed E-state index contributed by atoms with van der Waals surface area (Å²) in [6.45, 7) is 1.83. The molecule has 0 aliphatic carbocycles. The van der Waals surface area contributed by atoms with Crippen molar-refractivity contribution >= 4 is 55.1 Å². The third-order valence-electron chi connectivity index (χ3n) is 1.15. The van der Waals surface area contributed by atoms with Gasteiger partial charge in [-0.25, -0.2) is 4.98 Å². The quantitative estimate of drug-likeness (QED) is 0.652. The van der Waals surface area contributed by atoms with Crippen LogP contribution in [0, 0.1) is 6.92 Å². The molecular formula is C6H3Br2Cl2N. The molecule has 0 bridgehead atoms. The molecule has 0 radical (unpaired) electrons. The number of hydrogen-bond acceptors (Lipinski definition) is 1. The molecule has 0 saturated carbocycles. The van der Waals surface area contributed by atoms with Crippen molar-refractivity contribution < 1.29 is 0 Å². The minimum atomic E-state index is 0.385. The average molecular weight is 320 g/mol. The van der Waals surface area contributed by atoms with E-state index in [0.717, 1.165) is 10.2 Å². The van der Waals surface area contributed by atoms with Crippen LogP contribution in [0.1, 0.15) is 5.69 Å². The molecule has 1 heterocycles. The summed E-state index contributed by atoms with van der Waals surface area (Å²) in [6, 6.07) is 0. The van der Waals surface area contributed by atoms with E-state index >= 15 is 0 Å². The van der Waals surface area contributed by atoms with Gasteiger partial charge in [0.05, 0.1) is 19.7 Å². The highest BCUT2D eigenvalue weighted by Crippen LogP contribution is 2.35. The lowest BCUT2D eigenvalue weighted by atomic mass is 10.4. The van der Waals surface area contributed by atoms with Gasteiger partial charge in [-0.2, -0.15) is 0 Å². The number of hydrogen-bond donors (Lipinski definition) is 0. The van der Waals surface area contributed by atoms with Gasteiger partial charge in [-0.05, 0) is 38.8 Å². The third kappa shape index (κ3) is 1.89. The second kappa shape index (κ2) is 3.60. The molecule has 1 aromatic rings. The highest BCUT2D eigenvalue weighted by Gasteiger charge is 2.10. The molecule has 1 nitrogen and oxygen atoms in total. The van der Waals surface area contributed by atoms with Gasteiger partial charge in [-0.15, -0.1) is 0 Å². The van der Waals surface area contributed by atoms with Crippen LogP contribution in [-0.2, 0) is 0 Å². The first-order chi connectivity index (χ1) is 5.04. The van der Waals surface area contributed by atoms with Gasteiger partial charge >= 0.3 is 0 Å². The standard InChI is InChI=1S/C6H3Br2Cl2N/c1-2-3(7)5(9)4(8)6(10)11-2/h1H3.